The lowest BCUT2D eigenvalue weighted by Crippen LogP contribution is -2.61. The summed E-state index contributed by atoms with van der Waals surface area (Å²) in [5.41, 5.74) is 0.952. The number of aliphatic hydroxyl groups excluding tert-OH is 1. The van der Waals surface area contributed by atoms with E-state index in [4.69, 9.17) is 0 Å². The summed E-state index contributed by atoms with van der Waals surface area (Å²) in [6.45, 7) is 4.25. The number of aliphatic hydroxyl groups is 2. The van der Waals surface area contributed by atoms with E-state index < -0.39 is 5.60 Å². The Hall–Kier alpha value is -0.670. The minimum Gasteiger partial charge on any atom is -0.389 e. The van der Waals surface area contributed by atoms with Gasteiger partial charge in [-0.15, -0.1) is 0 Å². The zero-order chi connectivity index (χ0) is 17.2. The predicted octanol–water partition coefficient (Wildman–Crippen LogP) is 3.63. The highest BCUT2D eigenvalue weighted by molar-refractivity contribution is 5.83. The van der Waals surface area contributed by atoms with E-state index in [1.807, 2.05) is 0 Å². The summed E-state index contributed by atoms with van der Waals surface area (Å²) in [7, 11) is 0. The van der Waals surface area contributed by atoms with Gasteiger partial charge in [0.25, 0.3) is 0 Å². The smallest absolute Gasteiger partial charge is 0.161 e. The summed E-state index contributed by atoms with van der Waals surface area (Å²) in [4.78, 5) is 12.3. The van der Waals surface area contributed by atoms with Gasteiger partial charge in [0.1, 0.15) is 6.61 Å². The van der Waals surface area contributed by atoms with Crippen molar-refractivity contribution in [3.8, 4) is 0 Å². The van der Waals surface area contributed by atoms with Crippen LogP contribution in [0.25, 0.3) is 0 Å². The molecule has 3 saturated carbocycles. The molecule has 24 heavy (non-hydrogen) atoms. The fourth-order valence-electron chi connectivity index (χ4n) is 7.42. The van der Waals surface area contributed by atoms with Crippen molar-refractivity contribution < 1.29 is 15.0 Å². The Balaban J connectivity index is 1.72. The van der Waals surface area contributed by atoms with Gasteiger partial charge < -0.3 is 10.2 Å². The van der Waals surface area contributed by atoms with Gasteiger partial charge in [0.05, 0.1) is 5.60 Å². The molecule has 0 bridgehead atoms. The molecule has 3 fully saturated rings. The molecule has 6 atom stereocenters. The molecular formula is C21H32O3. The molecular weight excluding hydrogens is 300 g/mol. The van der Waals surface area contributed by atoms with E-state index in [2.05, 4.69) is 19.9 Å². The van der Waals surface area contributed by atoms with Crippen molar-refractivity contribution in [2.24, 2.45) is 28.6 Å². The molecule has 4 aliphatic carbocycles. The molecule has 0 heterocycles. The number of fused-ring (bicyclic) bond motifs is 5. The van der Waals surface area contributed by atoms with Crippen molar-refractivity contribution in [1.29, 1.82) is 0 Å². The first-order valence-electron chi connectivity index (χ1n) is 9.92. The molecule has 3 heteroatoms. The summed E-state index contributed by atoms with van der Waals surface area (Å²) < 4.78 is 0. The minimum absolute atomic E-state index is 0.0158. The van der Waals surface area contributed by atoms with Crippen molar-refractivity contribution in [3.63, 3.8) is 0 Å². The second kappa shape index (κ2) is 5.41. The number of carbonyl (C=O) groups excluding carboxylic acids is 1. The SMILES string of the molecule is C[C@]12CC[C@H]3[C@@](O)(CC=C4CCCC[C@@]43C)[C@@H]1CC[C@@H]2C(=O)CO. The van der Waals surface area contributed by atoms with Crippen LogP contribution in [0, 0.1) is 28.6 Å². The van der Waals surface area contributed by atoms with Gasteiger partial charge in [0.15, 0.2) is 5.78 Å². The summed E-state index contributed by atoms with van der Waals surface area (Å²) >= 11 is 0. The van der Waals surface area contributed by atoms with Crippen LogP contribution in [0.15, 0.2) is 11.6 Å². The number of hydrogen-bond acceptors (Lipinski definition) is 3. The molecule has 0 aliphatic heterocycles. The van der Waals surface area contributed by atoms with Gasteiger partial charge >= 0.3 is 0 Å². The minimum atomic E-state index is -0.660. The molecule has 4 aliphatic rings. The Morgan fingerprint density at radius 3 is 2.71 bits per heavy atom. The highest BCUT2D eigenvalue weighted by atomic mass is 16.3. The molecule has 0 saturated heterocycles. The largest absolute Gasteiger partial charge is 0.389 e. The maximum Gasteiger partial charge on any atom is 0.161 e. The predicted molar refractivity (Wildman–Crippen MR) is 93.4 cm³/mol. The fraction of sp³-hybridized carbons (Fsp3) is 0.857. The van der Waals surface area contributed by atoms with Crippen LogP contribution in [0.1, 0.15) is 71.6 Å². The van der Waals surface area contributed by atoms with Crippen LogP contribution in [0.5, 0.6) is 0 Å². The van der Waals surface area contributed by atoms with Crippen molar-refractivity contribution >= 4 is 5.78 Å². The Labute approximate surface area is 145 Å². The summed E-state index contributed by atoms with van der Waals surface area (Å²) in [6.07, 6.45) is 11.9. The maximum absolute atomic E-state index is 12.3. The first-order valence-corrected chi connectivity index (χ1v) is 9.92. The van der Waals surface area contributed by atoms with Crippen molar-refractivity contribution in [1.82, 2.24) is 0 Å². The molecule has 0 aromatic rings. The van der Waals surface area contributed by atoms with Crippen LogP contribution < -0.4 is 0 Å². The van der Waals surface area contributed by atoms with Crippen LogP contribution in [-0.4, -0.2) is 28.2 Å². The van der Waals surface area contributed by atoms with Crippen molar-refractivity contribution in [2.45, 2.75) is 77.2 Å². The van der Waals surface area contributed by atoms with Crippen molar-refractivity contribution in [3.05, 3.63) is 11.6 Å². The number of ketones is 1. The number of carbonyl (C=O) groups is 1. The van der Waals surface area contributed by atoms with E-state index in [1.165, 1.54) is 25.7 Å². The second-order valence-corrected chi connectivity index (χ2v) is 9.45. The highest BCUT2D eigenvalue weighted by Gasteiger charge is 2.65. The van der Waals surface area contributed by atoms with Crippen LogP contribution in [0.3, 0.4) is 0 Å². The monoisotopic (exact) mass is 332 g/mol. The number of Topliss-reactive ketones (excluding diaryl/α,β-unsaturated/α-hetero) is 1. The van der Waals surface area contributed by atoms with E-state index in [0.29, 0.717) is 5.92 Å². The van der Waals surface area contributed by atoms with E-state index in [1.54, 1.807) is 5.57 Å². The van der Waals surface area contributed by atoms with Crippen LogP contribution >= 0.6 is 0 Å². The zero-order valence-corrected chi connectivity index (χ0v) is 15.2. The number of allylic oxidation sites excluding steroid dienone is 1. The molecule has 3 nitrogen and oxygen atoms in total. The standard InChI is InChI=1S/C21H32O3/c1-19-10-4-3-5-14(19)8-12-21(24)17-7-6-15(16(23)13-22)20(17,2)11-9-18(19)21/h8,15,17-18,22,24H,3-7,9-13H2,1-2H3/t15-,17-,18-,19+,20-,21-/m1/s1. The summed E-state index contributed by atoms with van der Waals surface area (Å²) in [5.74, 6) is 0.451. The lowest BCUT2D eigenvalue weighted by atomic mass is 9.45. The van der Waals surface area contributed by atoms with Gasteiger partial charge in [0, 0.05) is 5.92 Å². The van der Waals surface area contributed by atoms with Gasteiger partial charge in [0.2, 0.25) is 0 Å². The quantitative estimate of drug-likeness (QED) is 0.759. The fourth-order valence-corrected chi connectivity index (χ4v) is 7.42. The van der Waals surface area contributed by atoms with E-state index >= 15 is 0 Å². The number of hydrogen-bond donors (Lipinski definition) is 2. The molecule has 134 valence electrons. The molecule has 0 radical (unpaired) electrons. The van der Waals surface area contributed by atoms with Gasteiger partial charge in [-0.05, 0) is 74.0 Å². The Bertz CT molecular complexity index is 582. The van der Waals surface area contributed by atoms with Crippen LogP contribution in [0.4, 0.5) is 0 Å². The Kier molecular flexibility index (Phi) is 3.78. The van der Waals surface area contributed by atoms with E-state index in [0.717, 1.165) is 32.1 Å². The number of rotatable bonds is 2. The average molecular weight is 332 g/mol. The van der Waals surface area contributed by atoms with E-state index in [-0.39, 0.29) is 35.1 Å². The molecule has 0 aromatic carbocycles. The van der Waals surface area contributed by atoms with Gasteiger partial charge in [-0.2, -0.15) is 0 Å². The molecule has 0 amide bonds. The summed E-state index contributed by atoms with van der Waals surface area (Å²) in [6, 6.07) is 0. The zero-order valence-electron chi connectivity index (χ0n) is 15.2. The third-order valence-electron chi connectivity index (χ3n) is 8.63. The third-order valence-corrected chi connectivity index (χ3v) is 8.63. The third kappa shape index (κ3) is 2.00. The van der Waals surface area contributed by atoms with Crippen LogP contribution in [0.2, 0.25) is 0 Å². The molecule has 0 unspecified atom stereocenters. The normalized spacial score (nSPS) is 50.5. The van der Waals surface area contributed by atoms with Gasteiger partial charge in [-0.1, -0.05) is 31.9 Å². The Morgan fingerprint density at radius 2 is 1.96 bits per heavy atom. The average Bonchev–Trinajstić information content (AvgIpc) is 2.92. The lowest BCUT2D eigenvalue weighted by molar-refractivity contribution is -0.179. The van der Waals surface area contributed by atoms with Crippen LogP contribution in [-0.2, 0) is 4.79 Å². The maximum atomic E-state index is 12.3. The Morgan fingerprint density at radius 1 is 1.17 bits per heavy atom. The van der Waals surface area contributed by atoms with Crippen molar-refractivity contribution in [2.75, 3.05) is 6.61 Å². The molecule has 2 N–H and O–H groups in total. The molecule has 4 rings (SSSR count). The first kappa shape index (κ1) is 16.8. The lowest BCUT2D eigenvalue weighted by Gasteiger charge is -2.61. The van der Waals surface area contributed by atoms with Gasteiger partial charge in [-0.25, -0.2) is 0 Å². The topological polar surface area (TPSA) is 57.5 Å². The highest BCUT2D eigenvalue weighted by Crippen LogP contribution is 2.67. The first-order chi connectivity index (χ1) is 11.4. The van der Waals surface area contributed by atoms with Gasteiger partial charge in [-0.3, -0.25) is 4.79 Å². The molecule has 0 aromatic heterocycles. The second-order valence-electron chi connectivity index (χ2n) is 9.45. The molecule has 0 spiro atoms. The summed E-state index contributed by atoms with van der Waals surface area (Å²) in [5, 5.41) is 21.3. The van der Waals surface area contributed by atoms with E-state index in [9.17, 15) is 15.0 Å².